The van der Waals surface area contributed by atoms with Crippen LogP contribution in [0.2, 0.25) is 0 Å². The minimum absolute atomic E-state index is 0.0986. The van der Waals surface area contributed by atoms with Crippen molar-refractivity contribution in [2.75, 3.05) is 6.26 Å². The zero-order valence-electron chi connectivity index (χ0n) is 10.8. The predicted octanol–water partition coefficient (Wildman–Crippen LogP) is 3.30. The van der Waals surface area contributed by atoms with Crippen molar-refractivity contribution < 1.29 is 8.63 Å². The van der Waals surface area contributed by atoms with Crippen LogP contribution in [0, 0.1) is 0 Å². The van der Waals surface area contributed by atoms with Gasteiger partial charge in [-0.3, -0.25) is 9.00 Å². The second-order valence-corrected chi connectivity index (χ2v) is 5.75. The van der Waals surface area contributed by atoms with Gasteiger partial charge < -0.3 is 4.42 Å². The summed E-state index contributed by atoms with van der Waals surface area (Å²) in [6, 6.07) is 12.8. The Bertz CT molecular complexity index is 906. The Morgan fingerprint density at radius 1 is 1.10 bits per heavy atom. The molecule has 0 N–H and O–H groups in total. The van der Waals surface area contributed by atoms with Gasteiger partial charge >= 0.3 is 0 Å². The van der Waals surface area contributed by atoms with Crippen LogP contribution in [-0.4, -0.2) is 10.5 Å². The first-order chi connectivity index (χ1) is 9.65. The molecule has 4 heteroatoms. The summed E-state index contributed by atoms with van der Waals surface area (Å²) in [6.45, 7) is 0. The first-order valence-electron chi connectivity index (χ1n) is 6.11. The number of benzene rings is 2. The number of hydrogen-bond donors (Lipinski definition) is 0. The molecule has 100 valence electrons. The van der Waals surface area contributed by atoms with Crippen LogP contribution in [0.3, 0.4) is 0 Å². The Morgan fingerprint density at radius 2 is 1.90 bits per heavy atom. The second-order valence-electron chi connectivity index (χ2n) is 4.48. The molecule has 1 unspecified atom stereocenters. The lowest BCUT2D eigenvalue weighted by molar-refractivity contribution is 0.594. The van der Waals surface area contributed by atoms with E-state index in [9.17, 15) is 9.00 Å². The monoisotopic (exact) mass is 284 g/mol. The summed E-state index contributed by atoms with van der Waals surface area (Å²) >= 11 is 0. The van der Waals surface area contributed by atoms with Gasteiger partial charge in [-0.25, -0.2) is 0 Å². The predicted molar refractivity (Wildman–Crippen MR) is 83.1 cm³/mol. The van der Waals surface area contributed by atoms with Gasteiger partial charge in [-0.1, -0.05) is 30.3 Å². The van der Waals surface area contributed by atoms with Crippen molar-refractivity contribution in [1.29, 1.82) is 0 Å². The summed E-state index contributed by atoms with van der Waals surface area (Å²) in [5, 5.41) is 3.96. The number of hydrogen-bond acceptors (Lipinski definition) is 3. The maximum absolute atomic E-state index is 12.1. The van der Waals surface area contributed by atoms with Crippen LogP contribution in [0.5, 0.6) is 0 Å². The topological polar surface area (TPSA) is 47.3 Å². The summed E-state index contributed by atoms with van der Waals surface area (Å²) in [6.07, 6.45) is 3.13. The second kappa shape index (κ2) is 5.06. The third-order valence-electron chi connectivity index (χ3n) is 3.06. The highest BCUT2D eigenvalue weighted by molar-refractivity contribution is 7.87. The zero-order chi connectivity index (χ0) is 14.1. The minimum atomic E-state index is -1.08. The normalized spacial score (nSPS) is 13.2. The van der Waals surface area contributed by atoms with Crippen molar-refractivity contribution in [2.24, 2.45) is 0 Å². The molecule has 3 rings (SSSR count). The lowest BCUT2D eigenvalue weighted by atomic mass is 10.1. The lowest BCUT2D eigenvalue weighted by Crippen LogP contribution is -2.00. The summed E-state index contributed by atoms with van der Waals surface area (Å²) in [5.41, 5.74) is 0.468. The zero-order valence-corrected chi connectivity index (χ0v) is 11.6. The molecule has 3 aromatic rings. The van der Waals surface area contributed by atoms with Gasteiger partial charge in [0.2, 0.25) is 0 Å². The van der Waals surface area contributed by atoms with Crippen molar-refractivity contribution in [2.45, 2.75) is 0 Å². The van der Waals surface area contributed by atoms with Gasteiger partial charge in [0.25, 0.3) is 0 Å². The van der Waals surface area contributed by atoms with Crippen LogP contribution in [0.4, 0.5) is 0 Å². The van der Waals surface area contributed by atoms with Gasteiger partial charge in [-0.05, 0) is 17.5 Å². The third-order valence-corrected chi connectivity index (χ3v) is 3.58. The first kappa shape index (κ1) is 12.8. The van der Waals surface area contributed by atoms with E-state index in [0.29, 0.717) is 16.7 Å². The molecule has 3 nitrogen and oxygen atoms in total. The fourth-order valence-corrected chi connectivity index (χ4v) is 2.47. The van der Waals surface area contributed by atoms with Crippen LogP contribution in [-0.2, 0) is 10.8 Å². The van der Waals surface area contributed by atoms with Crippen LogP contribution in [0.1, 0.15) is 5.76 Å². The summed E-state index contributed by atoms with van der Waals surface area (Å²) in [5.74, 6) is 0.411. The van der Waals surface area contributed by atoms with Gasteiger partial charge in [0.05, 0.1) is 5.39 Å². The Balaban J connectivity index is 2.35. The smallest absolute Gasteiger partial charge is 0.193 e. The molecule has 0 fully saturated rings. The molecular weight excluding hydrogens is 272 g/mol. The number of rotatable bonds is 2. The minimum Gasteiger partial charge on any atom is -0.456 e. The molecule has 0 aliphatic rings. The average molecular weight is 284 g/mol. The molecule has 1 heterocycles. The largest absolute Gasteiger partial charge is 0.456 e. The lowest BCUT2D eigenvalue weighted by Gasteiger charge is -2.03. The van der Waals surface area contributed by atoms with Gasteiger partial charge in [-0.15, -0.1) is 0 Å². The Morgan fingerprint density at radius 3 is 2.70 bits per heavy atom. The molecule has 0 spiro atoms. The van der Waals surface area contributed by atoms with Crippen molar-refractivity contribution in [1.82, 2.24) is 0 Å². The highest BCUT2D eigenvalue weighted by Gasteiger charge is 2.07. The molecule has 1 aromatic heterocycles. The number of fused-ring (bicyclic) bond motifs is 3. The summed E-state index contributed by atoms with van der Waals surface area (Å²) < 4.78 is 16.9. The van der Waals surface area contributed by atoms with E-state index < -0.39 is 10.8 Å². The van der Waals surface area contributed by atoms with Gasteiger partial charge in [0.15, 0.2) is 5.43 Å². The summed E-state index contributed by atoms with van der Waals surface area (Å²) in [4.78, 5) is 12.1. The van der Waals surface area contributed by atoms with E-state index in [2.05, 4.69) is 0 Å². The Kier molecular flexibility index (Phi) is 3.24. The van der Waals surface area contributed by atoms with Crippen LogP contribution >= 0.6 is 0 Å². The van der Waals surface area contributed by atoms with Crippen LogP contribution in [0.25, 0.3) is 27.8 Å². The Labute approximate surface area is 118 Å². The standard InChI is InChI=1S/C16H12O3S/c1-20(18)9-8-12-10-15(17)14-7-6-11-4-2-3-5-13(11)16(14)19-12/h2-10H,1H3/b9-8+. The molecule has 0 radical (unpaired) electrons. The van der Waals surface area contributed by atoms with Crippen LogP contribution in [0.15, 0.2) is 57.1 Å². The Hall–Kier alpha value is -2.20. The fraction of sp³-hybridized carbons (Fsp3) is 0.0625. The van der Waals surface area contributed by atoms with E-state index in [1.807, 2.05) is 30.3 Å². The molecule has 0 amide bonds. The van der Waals surface area contributed by atoms with Crippen molar-refractivity contribution in [3.05, 3.63) is 63.9 Å². The van der Waals surface area contributed by atoms with Crippen molar-refractivity contribution in [3.8, 4) is 0 Å². The SMILES string of the molecule is CS(=O)/C=C/c1cc(=O)c2ccc3ccccc3c2o1. The van der Waals surface area contributed by atoms with E-state index >= 15 is 0 Å². The van der Waals surface area contributed by atoms with Crippen molar-refractivity contribution in [3.63, 3.8) is 0 Å². The third kappa shape index (κ3) is 2.30. The van der Waals surface area contributed by atoms with Crippen LogP contribution < -0.4 is 5.43 Å². The molecule has 20 heavy (non-hydrogen) atoms. The molecule has 0 aliphatic heterocycles. The molecule has 0 saturated heterocycles. The molecule has 2 aromatic carbocycles. The molecular formula is C16H12O3S. The van der Waals surface area contributed by atoms with E-state index in [1.165, 1.54) is 11.5 Å². The van der Waals surface area contributed by atoms with Crippen molar-refractivity contribution >= 4 is 38.6 Å². The van der Waals surface area contributed by atoms with E-state index in [1.54, 1.807) is 18.4 Å². The van der Waals surface area contributed by atoms with E-state index in [0.717, 1.165) is 10.8 Å². The molecule has 0 aliphatic carbocycles. The summed E-state index contributed by atoms with van der Waals surface area (Å²) in [7, 11) is -1.08. The first-order valence-corrected chi connectivity index (χ1v) is 7.73. The molecule has 1 atom stereocenters. The maximum atomic E-state index is 12.1. The fourth-order valence-electron chi connectivity index (χ4n) is 2.15. The molecule has 0 bridgehead atoms. The average Bonchev–Trinajstić information content (AvgIpc) is 2.45. The molecule has 0 saturated carbocycles. The van der Waals surface area contributed by atoms with Gasteiger partial charge in [0.1, 0.15) is 11.3 Å². The maximum Gasteiger partial charge on any atom is 0.193 e. The van der Waals surface area contributed by atoms with Gasteiger partial charge in [-0.2, -0.15) is 0 Å². The van der Waals surface area contributed by atoms with E-state index in [-0.39, 0.29) is 5.43 Å². The van der Waals surface area contributed by atoms with Gasteiger partial charge in [0, 0.05) is 33.9 Å². The quantitative estimate of drug-likeness (QED) is 0.678. The van der Waals surface area contributed by atoms with E-state index in [4.69, 9.17) is 4.42 Å². The highest BCUT2D eigenvalue weighted by Crippen LogP contribution is 2.24. The highest BCUT2D eigenvalue weighted by atomic mass is 32.2.